The van der Waals surface area contributed by atoms with Crippen LogP contribution in [0.4, 0.5) is 0 Å². The number of amides is 1. The first-order valence-electron chi connectivity index (χ1n) is 6.20. The average Bonchev–Trinajstić information content (AvgIpc) is 2.90. The fourth-order valence-electron chi connectivity index (χ4n) is 2.69. The molecule has 1 saturated carbocycles. The highest BCUT2D eigenvalue weighted by atomic mass is 16.2. The Morgan fingerprint density at radius 3 is 3.00 bits per heavy atom. The van der Waals surface area contributed by atoms with Gasteiger partial charge in [0, 0.05) is 19.3 Å². The van der Waals surface area contributed by atoms with Gasteiger partial charge in [-0.2, -0.15) is 5.10 Å². The molecule has 1 aromatic rings. The second-order valence-corrected chi connectivity index (χ2v) is 4.75. The molecule has 0 saturated heterocycles. The van der Waals surface area contributed by atoms with Crippen molar-refractivity contribution < 1.29 is 4.79 Å². The lowest BCUT2D eigenvalue weighted by Gasteiger charge is -2.37. The average molecular weight is 236 g/mol. The van der Waals surface area contributed by atoms with Crippen molar-refractivity contribution in [2.24, 2.45) is 11.7 Å². The lowest BCUT2D eigenvalue weighted by molar-refractivity contribution is 0.0620. The third-order valence-corrected chi connectivity index (χ3v) is 3.73. The van der Waals surface area contributed by atoms with Crippen molar-refractivity contribution in [3.63, 3.8) is 0 Å². The quantitative estimate of drug-likeness (QED) is 0.822. The van der Waals surface area contributed by atoms with Gasteiger partial charge in [-0.05, 0) is 25.3 Å². The number of nitrogens with zero attached hydrogens (tertiary/aromatic N) is 2. The van der Waals surface area contributed by atoms with E-state index in [1.165, 1.54) is 12.8 Å². The maximum absolute atomic E-state index is 12.2. The number of carbonyl (C=O) groups excluding carboxylic acids is 1. The third-order valence-electron chi connectivity index (χ3n) is 3.73. The lowest BCUT2D eigenvalue weighted by Crippen LogP contribution is -2.45. The third kappa shape index (κ3) is 2.49. The van der Waals surface area contributed by atoms with E-state index >= 15 is 0 Å². The first-order chi connectivity index (χ1) is 8.24. The summed E-state index contributed by atoms with van der Waals surface area (Å²) in [5, 5.41) is 6.48. The predicted octanol–water partition coefficient (Wildman–Crippen LogP) is 0.999. The Hall–Kier alpha value is -1.36. The van der Waals surface area contributed by atoms with E-state index in [1.807, 2.05) is 11.9 Å². The molecule has 0 aliphatic heterocycles. The van der Waals surface area contributed by atoms with Crippen molar-refractivity contribution in [3.05, 3.63) is 18.0 Å². The topological polar surface area (TPSA) is 75.0 Å². The number of aromatic amines is 1. The summed E-state index contributed by atoms with van der Waals surface area (Å²) in [6.07, 6.45) is 7.81. The molecule has 94 valence electrons. The van der Waals surface area contributed by atoms with Crippen LogP contribution in [0.15, 0.2) is 12.4 Å². The highest BCUT2D eigenvalue weighted by Gasteiger charge is 2.30. The van der Waals surface area contributed by atoms with Crippen molar-refractivity contribution in [3.8, 4) is 0 Å². The summed E-state index contributed by atoms with van der Waals surface area (Å²) in [4.78, 5) is 14.0. The monoisotopic (exact) mass is 236 g/mol. The Labute approximate surface area is 101 Å². The number of carbonyl (C=O) groups is 1. The molecular weight excluding hydrogens is 216 g/mol. The van der Waals surface area contributed by atoms with Gasteiger partial charge in [0.15, 0.2) is 0 Å². The SMILES string of the molecule is CN(C(=O)c1cn[nH]c1)C1CCCCC1CN. The Balaban J connectivity index is 2.07. The molecule has 2 atom stereocenters. The van der Waals surface area contributed by atoms with E-state index in [4.69, 9.17) is 5.73 Å². The highest BCUT2D eigenvalue weighted by molar-refractivity contribution is 5.93. The smallest absolute Gasteiger partial charge is 0.257 e. The Kier molecular flexibility index (Phi) is 3.78. The molecule has 1 aromatic heterocycles. The van der Waals surface area contributed by atoms with E-state index < -0.39 is 0 Å². The minimum atomic E-state index is 0.0316. The minimum Gasteiger partial charge on any atom is -0.338 e. The van der Waals surface area contributed by atoms with Gasteiger partial charge in [-0.3, -0.25) is 9.89 Å². The number of nitrogens with two attached hydrogens (primary N) is 1. The Bertz CT molecular complexity index is 363. The van der Waals surface area contributed by atoms with E-state index in [9.17, 15) is 4.79 Å². The highest BCUT2D eigenvalue weighted by Crippen LogP contribution is 2.27. The molecule has 1 aliphatic rings. The Morgan fingerprint density at radius 2 is 2.35 bits per heavy atom. The number of rotatable bonds is 3. The largest absolute Gasteiger partial charge is 0.338 e. The molecule has 2 rings (SSSR count). The molecule has 5 nitrogen and oxygen atoms in total. The van der Waals surface area contributed by atoms with Crippen LogP contribution in [0.1, 0.15) is 36.0 Å². The summed E-state index contributed by atoms with van der Waals surface area (Å²) in [7, 11) is 1.87. The van der Waals surface area contributed by atoms with Gasteiger partial charge in [0.2, 0.25) is 0 Å². The van der Waals surface area contributed by atoms with Gasteiger partial charge in [0.25, 0.3) is 5.91 Å². The normalized spacial score (nSPS) is 24.6. The molecule has 0 aromatic carbocycles. The molecule has 0 spiro atoms. The number of H-pyrrole nitrogens is 1. The van der Waals surface area contributed by atoms with Gasteiger partial charge in [0.05, 0.1) is 11.8 Å². The number of hydrogen-bond donors (Lipinski definition) is 2. The summed E-state index contributed by atoms with van der Waals surface area (Å²) < 4.78 is 0. The molecule has 2 unspecified atom stereocenters. The van der Waals surface area contributed by atoms with Crippen LogP contribution in [0.25, 0.3) is 0 Å². The van der Waals surface area contributed by atoms with Crippen molar-refractivity contribution in [1.82, 2.24) is 15.1 Å². The molecule has 1 fully saturated rings. The van der Waals surface area contributed by atoms with Gasteiger partial charge in [-0.15, -0.1) is 0 Å². The molecule has 1 aliphatic carbocycles. The van der Waals surface area contributed by atoms with Crippen LogP contribution < -0.4 is 5.73 Å². The van der Waals surface area contributed by atoms with Crippen molar-refractivity contribution in [1.29, 1.82) is 0 Å². The Morgan fingerprint density at radius 1 is 1.59 bits per heavy atom. The van der Waals surface area contributed by atoms with Crippen LogP contribution in [0.2, 0.25) is 0 Å². The van der Waals surface area contributed by atoms with Crippen LogP contribution in [0, 0.1) is 5.92 Å². The number of aromatic nitrogens is 2. The maximum Gasteiger partial charge on any atom is 0.257 e. The molecule has 1 amide bonds. The summed E-state index contributed by atoms with van der Waals surface area (Å²) in [6.45, 7) is 0.660. The van der Waals surface area contributed by atoms with E-state index in [1.54, 1.807) is 12.4 Å². The minimum absolute atomic E-state index is 0.0316. The van der Waals surface area contributed by atoms with E-state index in [-0.39, 0.29) is 11.9 Å². The van der Waals surface area contributed by atoms with Crippen LogP contribution >= 0.6 is 0 Å². The molecule has 5 heteroatoms. The zero-order valence-electron chi connectivity index (χ0n) is 10.2. The first kappa shape index (κ1) is 12.1. The summed E-state index contributed by atoms with van der Waals surface area (Å²) in [6, 6.07) is 0.274. The second kappa shape index (κ2) is 5.31. The molecule has 0 bridgehead atoms. The maximum atomic E-state index is 12.2. The summed E-state index contributed by atoms with van der Waals surface area (Å²) >= 11 is 0. The molecule has 0 radical (unpaired) electrons. The van der Waals surface area contributed by atoms with Gasteiger partial charge >= 0.3 is 0 Å². The molecule has 3 N–H and O–H groups in total. The molecular formula is C12H20N4O. The van der Waals surface area contributed by atoms with E-state index in [0.717, 1.165) is 12.8 Å². The van der Waals surface area contributed by atoms with E-state index in [2.05, 4.69) is 10.2 Å². The lowest BCUT2D eigenvalue weighted by atomic mass is 9.83. The molecule has 17 heavy (non-hydrogen) atoms. The fourth-order valence-corrected chi connectivity index (χ4v) is 2.69. The predicted molar refractivity (Wildman–Crippen MR) is 65.5 cm³/mol. The van der Waals surface area contributed by atoms with Crippen molar-refractivity contribution in [2.45, 2.75) is 31.7 Å². The van der Waals surface area contributed by atoms with Gasteiger partial charge in [0.1, 0.15) is 0 Å². The van der Waals surface area contributed by atoms with Gasteiger partial charge in [-0.1, -0.05) is 12.8 Å². The van der Waals surface area contributed by atoms with Crippen molar-refractivity contribution in [2.75, 3.05) is 13.6 Å². The summed E-state index contributed by atoms with van der Waals surface area (Å²) in [5.41, 5.74) is 6.41. The van der Waals surface area contributed by atoms with Crippen molar-refractivity contribution >= 4 is 5.91 Å². The van der Waals surface area contributed by atoms with E-state index in [0.29, 0.717) is 18.0 Å². The number of hydrogen-bond acceptors (Lipinski definition) is 3. The van der Waals surface area contributed by atoms with Gasteiger partial charge < -0.3 is 10.6 Å². The number of nitrogens with one attached hydrogen (secondary N) is 1. The molecule has 1 heterocycles. The van der Waals surface area contributed by atoms with Crippen LogP contribution in [0.5, 0.6) is 0 Å². The fraction of sp³-hybridized carbons (Fsp3) is 0.667. The second-order valence-electron chi connectivity index (χ2n) is 4.75. The summed E-state index contributed by atoms with van der Waals surface area (Å²) in [5.74, 6) is 0.466. The van der Waals surface area contributed by atoms with Crippen LogP contribution in [-0.4, -0.2) is 40.6 Å². The standard InChI is InChI=1S/C12H20N4O/c1-16(12(17)10-7-14-15-8-10)11-5-3-2-4-9(11)6-13/h7-9,11H,2-6,13H2,1H3,(H,14,15). The van der Waals surface area contributed by atoms with Gasteiger partial charge in [-0.25, -0.2) is 0 Å². The van der Waals surface area contributed by atoms with Crippen LogP contribution in [0.3, 0.4) is 0 Å². The zero-order valence-corrected chi connectivity index (χ0v) is 10.2. The zero-order chi connectivity index (χ0) is 12.3. The first-order valence-corrected chi connectivity index (χ1v) is 6.20. The van der Waals surface area contributed by atoms with Crippen LogP contribution in [-0.2, 0) is 0 Å².